The molecular formula is C29H43BF4N6S2. The van der Waals surface area contributed by atoms with E-state index in [0.717, 1.165) is 52.4 Å². The van der Waals surface area contributed by atoms with Crippen molar-refractivity contribution < 1.29 is 21.8 Å². The molecule has 0 amide bonds. The minimum absolute atomic E-state index is 1.14. The second kappa shape index (κ2) is 15.1. The van der Waals surface area contributed by atoms with Crippen LogP contribution in [0.5, 0.6) is 0 Å². The molecule has 0 spiro atoms. The van der Waals surface area contributed by atoms with E-state index in [9.17, 15) is 17.3 Å². The summed E-state index contributed by atoms with van der Waals surface area (Å²) in [6, 6.07) is 0. The lowest BCUT2D eigenvalue weighted by molar-refractivity contribution is -0.535. The van der Waals surface area contributed by atoms with E-state index in [1.54, 1.807) is 0 Å². The van der Waals surface area contributed by atoms with Crippen LogP contribution in [0.2, 0.25) is 0 Å². The predicted octanol–water partition coefficient (Wildman–Crippen LogP) is 7.50. The van der Waals surface area contributed by atoms with Crippen LogP contribution in [0, 0.1) is 0 Å². The van der Waals surface area contributed by atoms with E-state index in [1.807, 2.05) is 23.1 Å². The van der Waals surface area contributed by atoms with E-state index in [2.05, 4.69) is 37.5 Å². The second-order valence-corrected chi connectivity index (χ2v) is 13.6. The van der Waals surface area contributed by atoms with Crippen molar-refractivity contribution in [2.45, 2.75) is 77.0 Å². The fourth-order valence-electron chi connectivity index (χ4n) is 6.17. The standard InChI is InChI=1S/C29H43N6S2.BF4/c1-5-16-32(17-6-1)26-24(36-28(30-26)34-20-9-3-10-21-34)14-13-15-25-27(33-18-7-2-8-19-33)31-29(37-25)35-22-11-4-12-23-35;2-1(3,4)5/h13-15H,1-12,16-23H2;/q+1;-1. The number of aliphatic imine (C=N–C) groups is 1. The Balaban J connectivity index is 0.000000652. The summed E-state index contributed by atoms with van der Waals surface area (Å²) in [6.07, 6.45) is 22.7. The Hall–Kier alpha value is -2.02. The first kappa shape index (κ1) is 31.4. The highest BCUT2D eigenvalue weighted by atomic mass is 32.2. The van der Waals surface area contributed by atoms with Gasteiger partial charge in [0.2, 0.25) is 0 Å². The molecule has 42 heavy (non-hydrogen) atoms. The van der Waals surface area contributed by atoms with Crippen LogP contribution in [0.3, 0.4) is 0 Å². The summed E-state index contributed by atoms with van der Waals surface area (Å²) in [6.45, 7) is 9.18. The lowest BCUT2D eigenvalue weighted by Crippen LogP contribution is -2.35. The highest BCUT2D eigenvalue weighted by Crippen LogP contribution is 2.36. The van der Waals surface area contributed by atoms with E-state index in [4.69, 9.17) is 9.98 Å². The molecule has 0 N–H and O–H groups in total. The molecule has 6 heterocycles. The van der Waals surface area contributed by atoms with E-state index < -0.39 is 7.25 Å². The third-order valence-electron chi connectivity index (χ3n) is 8.31. The number of thiazole rings is 1. The maximum absolute atomic E-state index is 9.75. The number of nitrogens with zero attached hydrogens (tertiary/aromatic N) is 6. The number of hydrogen-bond donors (Lipinski definition) is 0. The van der Waals surface area contributed by atoms with Gasteiger partial charge in [0, 0.05) is 51.0 Å². The number of likely N-dealkylation sites (tertiary alicyclic amines) is 1. The van der Waals surface area contributed by atoms with Gasteiger partial charge in [0.05, 0.1) is 22.9 Å². The molecule has 0 aromatic carbocycles. The number of rotatable bonds is 4. The maximum Gasteiger partial charge on any atom is 0.673 e. The number of amidine groups is 2. The maximum atomic E-state index is 9.75. The Morgan fingerprint density at radius 2 is 1.21 bits per heavy atom. The van der Waals surface area contributed by atoms with E-state index in [0.29, 0.717) is 0 Å². The number of thioether (sulfide) groups is 1. The number of hydrogen-bond acceptors (Lipinski definition) is 6. The van der Waals surface area contributed by atoms with Crippen LogP contribution >= 0.6 is 23.1 Å². The van der Waals surface area contributed by atoms with Gasteiger partial charge in [-0.3, -0.25) is 4.58 Å². The van der Waals surface area contributed by atoms with Crippen LogP contribution in [0.25, 0.3) is 6.08 Å². The van der Waals surface area contributed by atoms with Crippen molar-refractivity contribution in [1.82, 2.24) is 9.88 Å². The molecule has 6 rings (SSSR count). The zero-order chi connectivity index (χ0) is 29.4. The number of anilines is 2. The molecule has 0 aliphatic carbocycles. The minimum atomic E-state index is -6.00. The average Bonchev–Trinajstić information content (AvgIpc) is 3.63. The van der Waals surface area contributed by atoms with Crippen molar-refractivity contribution >= 4 is 58.4 Å². The van der Waals surface area contributed by atoms with Crippen molar-refractivity contribution in [1.29, 1.82) is 0 Å². The molecule has 0 bridgehead atoms. The molecule has 5 aliphatic rings. The fraction of sp³-hybridized carbons (Fsp3) is 0.690. The lowest BCUT2D eigenvalue weighted by atomic mass is 10.1. The highest BCUT2D eigenvalue weighted by molar-refractivity contribution is 8.18. The van der Waals surface area contributed by atoms with Gasteiger partial charge in [0.25, 0.3) is 5.84 Å². The summed E-state index contributed by atoms with van der Waals surface area (Å²) in [5.74, 6) is 2.42. The lowest BCUT2D eigenvalue weighted by Gasteiger charge is -2.28. The van der Waals surface area contributed by atoms with Gasteiger partial charge in [-0.15, -0.1) is 0 Å². The molecule has 4 saturated heterocycles. The molecule has 0 radical (unpaired) electrons. The Morgan fingerprint density at radius 1 is 0.690 bits per heavy atom. The summed E-state index contributed by atoms with van der Waals surface area (Å²) < 4.78 is 41.5. The third kappa shape index (κ3) is 9.00. The number of aromatic nitrogens is 1. The monoisotopic (exact) mass is 626 g/mol. The van der Waals surface area contributed by atoms with Crippen LogP contribution in [-0.4, -0.2) is 85.1 Å². The SMILES string of the molecule is C(/C=C/c1sc(N2CCCCC2)nc1N1CCCCC1)=C1/SC(=[N+]2CCCCC2)N=C1N1CCCCC1.F[B-](F)(F)F. The second-order valence-electron chi connectivity index (χ2n) is 11.6. The van der Waals surface area contributed by atoms with Crippen LogP contribution in [0.15, 0.2) is 22.0 Å². The normalized spacial score (nSPS) is 23.5. The van der Waals surface area contributed by atoms with Gasteiger partial charge < -0.3 is 32.0 Å². The molecule has 0 saturated carbocycles. The first-order valence-electron chi connectivity index (χ1n) is 15.8. The van der Waals surface area contributed by atoms with E-state index >= 15 is 0 Å². The van der Waals surface area contributed by atoms with Crippen LogP contribution in [-0.2, 0) is 0 Å². The molecular weight excluding hydrogens is 583 g/mol. The minimum Gasteiger partial charge on any atom is -0.418 e. The first-order chi connectivity index (χ1) is 20.3. The van der Waals surface area contributed by atoms with E-state index in [1.165, 1.54) is 109 Å². The van der Waals surface area contributed by atoms with Crippen molar-refractivity contribution in [3.05, 3.63) is 21.9 Å². The molecule has 0 unspecified atom stereocenters. The smallest absolute Gasteiger partial charge is 0.418 e. The zero-order valence-corrected chi connectivity index (χ0v) is 26.1. The molecule has 1 aromatic heterocycles. The summed E-state index contributed by atoms with van der Waals surface area (Å²) in [7, 11) is -6.00. The van der Waals surface area contributed by atoms with Gasteiger partial charge in [0.1, 0.15) is 5.82 Å². The fourth-order valence-corrected chi connectivity index (χ4v) is 8.28. The van der Waals surface area contributed by atoms with Gasteiger partial charge in [-0.25, -0.2) is 4.98 Å². The van der Waals surface area contributed by atoms with Gasteiger partial charge in [-0.2, -0.15) is 0 Å². The van der Waals surface area contributed by atoms with Crippen LogP contribution in [0.1, 0.15) is 81.9 Å². The molecule has 6 nitrogen and oxygen atoms in total. The Labute approximate surface area is 255 Å². The predicted molar refractivity (Wildman–Crippen MR) is 171 cm³/mol. The van der Waals surface area contributed by atoms with Gasteiger partial charge >= 0.3 is 12.4 Å². The van der Waals surface area contributed by atoms with Gasteiger partial charge in [-0.05, 0) is 94.2 Å². The number of halogens is 4. The van der Waals surface area contributed by atoms with E-state index in [-0.39, 0.29) is 0 Å². The molecule has 0 atom stereocenters. The summed E-state index contributed by atoms with van der Waals surface area (Å²) in [4.78, 5) is 20.7. The Bertz CT molecular complexity index is 1150. The zero-order valence-electron chi connectivity index (χ0n) is 24.5. The quantitative estimate of drug-likeness (QED) is 0.197. The van der Waals surface area contributed by atoms with Crippen molar-refractivity contribution in [2.24, 2.45) is 4.99 Å². The van der Waals surface area contributed by atoms with Crippen LogP contribution < -0.4 is 9.80 Å². The first-order valence-corrected chi connectivity index (χ1v) is 17.4. The summed E-state index contributed by atoms with van der Waals surface area (Å²) in [5.41, 5.74) is 0. The third-order valence-corrected chi connectivity index (χ3v) is 10.4. The average molecular weight is 627 g/mol. The van der Waals surface area contributed by atoms with Crippen molar-refractivity contribution in [3.8, 4) is 0 Å². The Morgan fingerprint density at radius 3 is 1.81 bits per heavy atom. The molecule has 5 aliphatic heterocycles. The van der Waals surface area contributed by atoms with Crippen molar-refractivity contribution in [2.75, 3.05) is 62.2 Å². The summed E-state index contributed by atoms with van der Waals surface area (Å²) in [5, 5.41) is 2.44. The molecule has 232 valence electrons. The van der Waals surface area contributed by atoms with Gasteiger partial charge in [-0.1, -0.05) is 17.4 Å². The molecule has 13 heteroatoms. The highest BCUT2D eigenvalue weighted by Gasteiger charge is 2.35. The molecule has 4 fully saturated rings. The van der Waals surface area contributed by atoms with Gasteiger partial charge in [0.15, 0.2) is 5.13 Å². The van der Waals surface area contributed by atoms with Crippen LogP contribution in [0.4, 0.5) is 28.2 Å². The Kier molecular flexibility index (Phi) is 11.3. The largest absolute Gasteiger partial charge is 0.673 e. The molecule has 1 aromatic rings. The number of piperidine rings is 4. The number of allylic oxidation sites excluding steroid dienone is 2. The van der Waals surface area contributed by atoms with Crippen molar-refractivity contribution in [3.63, 3.8) is 0 Å². The summed E-state index contributed by atoms with van der Waals surface area (Å²) >= 11 is 3.78. The topological polar surface area (TPSA) is 38.0 Å².